The van der Waals surface area contributed by atoms with Crippen LogP contribution < -0.4 is 14.4 Å². The number of alkyl halides is 3. The van der Waals surface area contributed by atoms with E-state index in [9.17, 15) is 45.1 Å². The molecule has 2 heterocycles. The van der Waals surface area contributed by atoms with Gasteiger partial charge in [0.15, 0.2) is 0 Å². The predicted molar refractivity (Wildman–Crippen MR) is 135 cm³/mol. The zero-order chi connectivity index (χ0) is 29.7. The highest BCUT2D eigenvalue weighted by Crippen LogP contribution is 2.42. The quantitative estimate of drug-likeness (QED) is 0.398. The molecule has 0 spiro atoms. The number of nitrogens with one attached hydrogen (secondary N) is 1. The van der Waals surface area contributed by atoms with E-state index in [-0.39, 0.29) is 41.8 Å². The van der Waals surface area contributed by atoms with Crippen molar-refractivity contribution in [2.75, 3.05) is 10.8 Å². The SMILES string of the molecule is O=C1CCC(CC2CN(S(=O)(=O)c3cccc(C(F)(F)F)c3)c3cc(-c4cc(F)ccc4F)ccc3O2)(C(=O)O)N1. The fourth-order valence-corrected chi connectivity index (χ4v) is 6.55. The van der Waals surface area contributed by atoms with Crippen LogP contribution in [0.4, 0.5) is 27.6 Å². The molecule has 14 heteroatoms. The van der Waals surface area contributed by atoms with E-state index in [1.165, 1.54) is 18.2 Å². The first-order chi connectivity index (χ1) is 19.2. The molecule has 1 amide bonds. The van der Waals surface area contributed by atoms with Crippen LogP contribution in [0.15, 0.2) is 65.6 Å². The van der Waals surface area contributed by atoms with Gasteiger partial charge in [-0.05, 0) is 60.5 Å². The highest BCUT2D eigenvalue weighted by molar-refractivity contribution is 7.92. The number of hydrogen-bond donors (Lipinski definition) is 2. The number of amides is 1. The normalized spacial score (nSPS) is 20.8. The Kier molecular flexibility index (Phi) is 6.92. The van der Waals surface area contributed by atoms with E-state index < -0.39 is 68.4 Å². The Morgan fingerprint density at radius 1 is 1.10 bits per heavy atom. The molecule has 1 fully saturated rings. The van der Waals surface area contributed by atoms with Gasteiger partial charge in [-0.1, -0.05) is 12.1 Å². The summed E-state index contributed by atoms with van der Waals surface area (Å²) in [5.74, 6) is -3.54. The fraction of sp³-hybridized carbons (Fsp3) is 0.259. The van der Waals surface area contributed by atoms with Crippen molar-refractivity contribution in [3.63, 3.8) is 0 Å². The van der Waals surface area contributed by atoms with E-state index >= 15 is 0 Å². The summed E-state index contributed by atoms with van der Waals surface area (Å²) >= 11 is 0. The van der Waals surface area contributed by atoms with Gasteiger partial charge in [0.05, 0.1) is 22.7 Å². The lowest BCUT2D eigenvalue weighted by Crippen LogP contribution is -2.54. The van der Waals surface area contributed by atoms with E-state index in [0.717, 1.165) is 34.6 Å². The van der Waals surface area contributed by atoms with Crippen LogP contribution in [0, 0.1) is 11.6 Å². The van der Waals surface area contributed by atoms with Crippen LogP contribution in [0.3, 0.4) is 0 Å². The largest absolute Gasteiger partial charge is 0.486 e. The highest BCUT2D eigenvalue weighted by atomic mass is 32.2. The number of hydrogen-bond acceptors (Lipinski definition) is 5. The summed E-state index contributed by atoms with van der Waals surface area (Å²) in [5, 5.41) is 12.3. The first-order valence-corrected chi connectivity index (χ1v) is 13.6. The second-order valence-electron chi connectivity index (χ2n) is 9.75. The summed E-state index contributed by atoms with van der Waals surface area (Å²) in [7, 11) is -4.74. The number of halogens is 5. The molecule has 2 N–H and O–H groups in total. The molecule has 5 rings (SSSR count). The molecule has 1 saturated heterocycles. The van der Waals surface area contributed by atoms with Gasteiger partial charge in [0.2, 0.25) is 5.91 Å². The molecule has 41 heavy (non-hydrogen) atoms. The van der Waals surface area contributed by atoms with Crippen LogP contribution in [0.25, 0.3) is 11.1 Å². The summed E-state index contributed by atoms with van der Waals surface area (Å²) in [6, 6.07) is 9.55. The van der Waals surface area contributed by atoms with Gasteiger partial charge >= 0.3 is 12.1 Å². The van der Waals surface area contributed by atoms with Gasteiger partial charge in [0.25, 0.3) is 10.0 Å². The van der Waals surface area contributed by atoms with E-state index in [2.05, 4.69) is 5.32 Å². The molecule has 0 aromatic heterocycles. The number of carboxylic acid groups (broad SMARTS) is 1. The number of benzene rings is 3. The zero-order valence-electron chi connectivity index (χ0n) is 20.9. The maximum Gasteiger partial charge on any atom is 0.416 e. The number of aliphatic carboxylic acids is 1. The van der Waals surface area contributed by atoms with Gasteiger partial charge in [-0.25, -0.2) is 22.0 Å². The number of carbonyl (C=O) groups is 2. The molecule has 0 aliphatic carbocycles. The summed E-state index contributed by atoms with van der Waals surface area (Å²) in [6.07, 6.45) is -6.53. The van der Waals surface area contributed by atoms with Crippen LogP contribution in [-0.2, 0) is 25.8 Å². The van der Waals surface area contributed by atoms with Gasteiger partial charge < -0.3 is 15.2 Å². The molecule has 0 bridgehead atoms. The average molecular weight is 597 g/mol. The number of ether oxygens (including phenoxy) is 1. The number of rotatable bonds is 6. The molecule has 2 aliphatic rings. The van der Waals surface area contributed by atoms with E-state index in [1.54, 1.807) is 0 Å². The van der Waals surface area contributed by atoms with Crippen LogP contribution in [0.5, 0.6) is 5.75 Å². The summed E-state index contributed by atoms with van der Waals surface area (Å²) < 4.78 is 103. The van der Waals surface area contributed by atoms with Crippen LogP contribution in [0.2, 0.25) is 0 Å². The minimum absolute atomic E-state index is 0.0529. The average Bonchev–Trinajstić information content (AvgIpc) is 3.30. The molecule has 2 unspecified atom stereocenters. The Balaban J connectivity index is 1.62. The van der Waals surface area contributed by atoms with Crippen molar-refractivity contribution in [3.05, 3.63) is 77.9 Å². The number of sulfonamides is 1. The van der Waals surface area contributed by atoms with Crippen molar-refractivity contribution >= 4 is 27.6 Å². The third kappa shape index (κ3) is 5.31. The lowest BCUT2D eigenvalue weighted by Gasteiger charge is -2.38. The van der Waals surface area contributed by atoms with Crippen molar-refractivity contribution in [2.45, 2.75) is 42.0 Å². The monoisotopic (exact) mass is 596 g/mol. The molecule has 0 saturated carbocycles. The Morgan fingerprint density at radius 2 is 1.85 bits per heavy atom. The van der Waals surface area contributed by atoms with E-state index in [1.807, 2.05) is 0 Å². The van der Waals surface area contributed by atoms with Crippen molar-refractivity contribution in [1.82, 2.24) is 5.32 Å². The van der Waals surface area contributed by atoms with Gasteiger partial charge in [0, 0.05) is 18.4 Å². The Morgan fingerprint density at radius 3 is 2.51 bits per heavy atom. The van der Waals surface area contributed by atoms with Crippen molar-refractivity contribution in [2.24, 2.45) is 0 Å². The fourth-order valence-electron chi connectivity index (χ4n) is 5.00. The molecule has 216 valence electrons. The summed E-state index contributed by atoms with van der Waals surface area (Å²) in [5.41, 5.74) is -3.30. The van der Waals surface area contributed by atoms with Crippen molar-refractivity contribution < 1.29 is 49.8 Å². The minimum Gasteiger partial charge on any atom is -0.486 e. The van der Waals surface area contributed by atoms with Crippen LogP contribution >= 0.6 is 0 Å². The lowest BCUT2D eigenvalue weighted by molar-refractivity contribution is -0.146. The molecular formula is C27H21F5N2O6S. The predicted octanol–water partition coefficient (Wildman–Crippen LogP) is 4.73. The van der Waals surface area contributed by atoms with Crippen LogP contribution in [0.1, 0.15) is 24.8 Å². The number of anilines is 1. The third-order valence-electron chi connectivity index (χ3n) is 7.02. The Hall–Kier alpha value is -4.20. The van der Waals surface area contributed by atoms with Gasteiger partial charge in [-0.15, -0.1) is 0 Å². The first-order valence-electron chi connectivity index (χ1n) is 12.2. The van der Waals surface area contributed by atoms with Crippen molar-refractivity contribution in [1.29, 1.82) is 0 Å². The van der Waals surface area contributed by atoms with Gasteiger partial charge in [-0.3, -0.25) is 9.10 Å². The third-order valence-corrected chi connectivity index (χ3v) is 8.80. The number of fused-ring (bicyclic) bond motifs is 1. The number of nitrogens with zero attached hydrogens (tertiary/aromatic N) is 1. The topological polar surface area (TPSA) is 113 Å². The minimum atomic E-state index is -4.84. The van der Waals surface area contributed by atoms with Gasteiger partial charge in [-0.2, -0.15) is 13.2 Å². The molecule has 8 nitrogen and oxygen atoms in total. The molecule has 3 aromatic carbocycles. The van der Waals surface area contributed by atoms with Gasteiger partial charge in [0.1, 0.15) is 29.0 Å². The number of carboxylic acids is 1. The smallest absolute Gasteiger partial charge is 0.416 e. The van der Waals surface area contributed by atoms with E-state index in [4.69, 9.17) is 4.74 Å². The summed E-state index contributed by atoms with van der Waals surface area (Å²) in [4.78, 5) is 23.3. The van der Waals surface area contributed by atoms with Crippen molar-refractivity contribution in [3.8, 4) is 16.9 Å². The second kappa shape index (κ2) is 10.0. The zero-order valence-corrected chi connectivity index (χ0v) is 21.7. The number of carbonyl (C=O) groups excluding carboxylic acids is 1. The molecule has 3 aromatic rings. The standard InChI is InChI=1S/C27H21F5N2O6S/c28-17-5-6-21(29)20(12-17)15-4-7-23-22(10-15)34(41(38,39)19-3-1-2-16(11-19)27(30,31)32)14-18(40-23)13-26(25(36)37)9-8-24(35)33-26/h1-7,10-12,18H,8-9,13-14H2,(H,33,35)(H,36,37). The second-order valence-corrected chi connectivity index (χ2v) is 11.6. The lowest BCUT2D eigenvalue weighted by atomic mass is 9.90. The Bertz CT molecular complexity index is 1660. The maximum atomic E-state index is 14.6. The van der Waals surface area contributed by atoms with Crippen LogP contribution in [-0.4, -0.2) is 43.6 Å². The molecule has 0 radical (unpaired) electrons. The highest BCUT2D eigenvalue weighted by Gasteiger charge is 2.48. The first kappa shape index (κ1) is 28.3. The summed E-state index contributed by atoms with van der Waals surface area (Å²) in [6.45, 7) is -0.550. The molecule has 2 atom stereocenters. The van der Waals surface area contributed by atoms with E-state index in [0.29, 0.717) is 12.1 Å². The maximum absolute atomic E-state index is 14.6. The molecule has 2 aliphatic heterocycles. The molecular weight excluding hydrogens is 575 g/mol. The Labute approximate surface area is 230 Å².